The summed E-state index contributed by atoms with van der Waals surface area (Å²) in [7, 11) is 0. The average molecular weight is 712 g/mol. The van der Waals surface area contributed by atoms with Gasteiger partial charge < -0.3 is 4.57 Å². The normalized spacial score (nSPS) is 13.3. The number of hydrogen-bond acceptors (Lipinski definition) is 0. The smallest absolute Gasteiger partial charge is 0.0547 e. The van der Waals surface area contributed by atoms with Crippen molar-refractivity contribution >= 4 is 64.9 Å². The number of rotatable bonds is 3. The van der Waals surface area contributed by atoms with E-state index < -0.39 is 0 Å². The maximum absolute atomic E-state index is 2.46. The number of nitrogens with zero attached hydrogens (tertiary/aromatic N) is 1. The Morgan fingerprint density at radius 3 is 1.71 bits per heavy atom. The van der Waals surface area contributed by atoms with Gasteiger partial charge in [-0.3, -0.25) is 0 Å². The van der Waals surface area contributed by atoms with Crippen molar-refractivity contribution in [1.82, 2.24) is 4.57 Å². The van der Waals surface area contributed by atoms with Gasteiger partial charge in [0, 0.05) is 21.9 Å². The van der Waals surface area contributed by atoms with Gasteiger partial charge in [-0.1, -0.05) is 172 Å². The van der Waals surface area contributed by atoms with Crippen LogP contribution < -0.4 is 0 Å². The molecule has 0 saturated heterocycles. The lowest BCUT2D eigenvalue weighted by atomic mass is 9.68. The van der Waals surface area contributed by atoms with Crippen LogP contribution >= 0.6 is 0 Å². The number of fused-ring (bicyclic) bond motifs is 9. The Morgan fingerprint density at radius 1 is 0.357 bits per heavy atom. The molecule has 1 nitrogen and oxygen atoms in total. The second-order valence-electron chi connectivity index (χ2n) is 16.0. The van der Waals surface area contributed by atoms with E-state index in [1.807, 2.05) is 0 Å². The maximum atomic E-state index is 2.46. The van der Waals surface area contributed by atoms with Gasteiger partial charge in [0.1, 0.15) is 0 Å². The van der Waals surface area contributed by atoms with Crippen molar-refractivity contribution in [2.75, 3.05) is 0 Å². The highest BCUT2D eigenvalue weighted by Gasteiger charge is 2.34. The van der Waals surface area contributed by atoms with Crippen molar-refractivity contribution in [3.63, 3.8) is 0 Å². The summed E-state index contributed by atoms with van der Waals surface area (Å²) in [6, 6.07) is 70.2. The first-order valence-electron chi connectivity index (χ1n) is 19.7. The zero-order valence-electron chi connectivity index (χ0n) is 31.3. The number of para-hydroxylation sites is 1. The van der Waals surface area contributed by atoms with Gasteiger partial charge in [-0.15, -0.1) is 0 Å². The Labute approximate surface area is 325 Å². The lowest BCUT2D eigenvalue weighted by molar-refractivity contribution is 0.645. The molecule has 0 fully saturated rings. The fraction of sp³-hybridized carbons (Fsp3) is 0.0545. The predicted molar refractivity (Wildman–Crippen MR) is 239 cm³/mol. The molecular weight excluding hydrogens is 675 g/mol. The molecule has 0 aliphatic heterocycles. The van der Waals surface area contributed by atoms with E-state index in [9.17, 15) is 0 Å². The molecule has 12 rings (SSSR count). The van der Waals surface area contributed by atoms with E-state index in [1.54, 1.807) is 0 Å². The fourth-order valence-electron chi connectivity index (χ4n) is 10.3. The molecular formula is C55H37N. The lowest BCUT2D eigenvalue weighted by Crippen LogP contribution is -2.23. The molecule has 0 spiro atoms. The van der Waals surface area contributed by atoms with Crippen LogP contribution in [0.25, 0.3) is 104 Å². The van der Waals surface area contributed by atoms with E-state index in [2.05, 4.69) is 206 Å². The topological polar surface area (TPSA) is 4.93 Å². The van der Waals surface area contributed by atoms with Gasteiger partial charge in [-0.25, -0.2) is 0 Å². The van der Waals surface area contributed by atoms with Gasteiger partial charge >= 0.3 is 0 Å². The van der Waals surface area contributed by atoms with Gasteiger partial charge in [0.15, 0.2) is 0 Å². The molecule has 0 N–H and O–H groups in total. The summed E-state index contributed by atoms with van der Waals surface area (Å²) in [6.07, 6.45) is 0. The Bertz CT molecular complexity index is 3380. The monoisotopic (exact) mass is 711 g/mol. The maximum Gasteiger partial charge on any atom is 0.0547 e. The quantitative estimate of drug-likeness (QED) is 0.161. The fourth-order valence-corrected chi connectivity index (χ4v) is 10.3. The lowest BCUT2D eigenvalue weighted by Gasteiger charge is -2.35. The van der Waals surface area contributed by atoms with Crippen LogP contribution in [0.3, 0.4) is 0 Å². The third-order valence-corrected chi connectivity index (χ3v) is 12.8. The van der Waals surface area contributed by atoms with Crippen molar-refractivity contribution in [3.05, 3.63) is 199 Å². The molecule has 262 valence electrons. The van der Waals surface area contributed by atoms with Crippen molar-refractivity contribution < 1.29 is 0 Å². The second kappa shape index (κ2) is 11.5. The van der Waals surface area contributed by atoms with E-state index >= 15 is 0 Å². The summed E-state index contributed by atoms with van der Waals surface area (Å²) in [5, 5.41) is 12.9. The number of aromatic nitrogens is 1. The summed E-state index contributed by atoms with van der Waals surface area (Å²) >= 11 is 0. The van der Waals surface area contributed by atoms with Crippen LogP contribution in [-0.2, 0) is 5.41 Å². The van der Waals surface area contributed by atoms with Crippen molar-refractivity contribution in [1.29, 1.82) is 0 Å². The highest BCUT2D eigenvalue weighted by atomic mass is 15.0. The first-order valence-corrected chi connectivity index (χ1v) is 19.7. The standard InChI is InChI=1S/C55H37N/c1-55(2)47-25-13-12-19-38(47)44-29-30-45(43-24-14-26-48(55)53(43)44)52-41-22-10-8-20-39(41)51(40-21-9-11-23-42(40)52)35-28-31-49-46(33-35)54-37-18-7-6-15-34(37)27-32-50(54)56(49)36-16-4-3-5-17-36/h3-33H,1-2H3. The van der Waals surface area contributed by atoms with Crippen LogP contribution in [0, 0.1) is 0 Å². The molecule has 0 unspecified atom stereocenters. The summed E-state index contributed by atoms with van der Waals surface area (Å²) in [5.41, 5.74) is 14.0. The molecule has 1 heteroatoms. The Balaban J connectivity index is 1.17. The highest BCUT2D eigenvalue weighted by Crippen LogP contribution is 2.52. The molecule has 0 atom stereocenters. The number of hydrogen-bond donors (Lipinski definition) is 0. The van der Waals surface area contributed by atoms with Crippen LogP contribution in [0.2, 0.25) is 0 Å². The van der Waals surface area contributed by atoms with Crippen molar-refractivity contribution in [2.45, 2.75) is 19.3 Å². The molecule has 1 aliphatic rings. The molecule has 1 heterocycles. The minimum atomic E-state index is -0.108. The predicted octanol–water partition coefficient (Wildman–Crippen LogP) is 15.0. The van der Waals surface area contributed by atoms with Crippen LogP contribution in [-0.4, -0.2) is 4.57 Å². The van der Waals surface area contributed by atoms with E-state index in [1.165, 1.54) is 115 Å². The zero-order chi connectivity index (χ0) is 37.1. The molecule has 10 aromatic carbocycles. The molecule has 11 aromatic rings. The van der Waals surface area contributed by atoms with Crippen LogP contribution in [0.15, 0.2) is 188 Å². The first kappa shape index (κ1) is 31.4. The Morgan fingerprint density at radius 2 is 0.946 bits per heavy atom. The van der Waals surface area contributed by atoms with Crippen LogP contribution in [0.4, 0.5) is 0 Å². The SMILES string of the molecule is CC1(C)c2ccccc2-c2ccc(-c3c4ccccc4c(-c4ccc5c(c4)c4c6ccccc6ccc4n5-c4ccccc4)c4ccccc34)c3cccc1c23. The van der Waals surface area contributed by atoms with Gasteiger partial charge in [0.2, 0.25) is 0 Å². The van der Waals surface area contributed by atoms with Crippen LogP contribution in [0.5, 0.6) is 0 Å². The minimum absolute atomic E-state index is 0.108. The third kappa shape index (κ3) is 4.20. The number of benzene rings is 10. The largest absolute Gasteiger partial charge is 0.309 e. The first-order chi connectivity index (χ1) is 27.6. The molecule has 0 amide bonds. The highest BCUT2D eigenvalue weighted by molar-refractivity contribution is 6.26. The zero-order valence-corrected chi connectivity index (χ0v) is 31.3. The van der Waals surface area contributed by atoms with Gasteiger partial charge in [0.25, 0.3) is 0 Å². The molecule has 0 bridgehead atoms. The van der Waals surface area contributed by atoms with Crippen LogP contribution in [0.1, 0.15) is 25.0 Å². The molecule has 1 aromatic heterocycles. The van der Waals surface area contributed by atoms with E-state index in [0.717, 1.165) is 0 Å². The van der Waals surface area contributed by atoms with Crippen molar-refractivity contribution in [2.24, 2.45) is 0 Å². The third-order valence-electron chi connectivity index (χ3n) is 12.8. The van der Waals surface area contributed by atoms with E-state index in [-0.39, 0.29) is 5.41 Å². The van der Waals surface area contributed by atoms with Gasteiger partial charge in [0.05, 0.1) is 11.0 Å². The summed E-state index contributed by atoms with van der Waals surface area (Å²) in [4.78, 5) is 0. The molecule has 56 heavy (non-hydrogen) atoms. The molecule has 0 radical (unpaired) electrons. The second-order valence-corrected chi connectivity index (χ2v) is 16.0. The van der Waals surface area contributed by atoms with Gasteiger partial charge in [-0.2, -0.15) is 0 Å². The Hall–Kier alpha value is -6.96. The average Bonchev–Trinajstić information content (AvgIpc) is 3.59. The summed E-state index contributed by atoms with van der Waals surface area (Å²) in [6.45, 7) is 4.76. The molecule has 1 aliphatic carbocycles. The Kier molecular flexibility index (Phi) is 6.46. The van der Waals surface area contributed by atoms with Crippen molar-refractivity contribution in [3.8, 4) is 39.1 Å². The van der Waals surface area contributed by atoms with Gasteiger partial charge in [-0.05, 0) is 118 Å². The molecule has 0 saturated carbocycles. The summed E-state index contributed by atoms with van der Waals surface area (Å²) < 4.78 is 2.43. The minimum Gasteiger partial charge on any atom is -0.309 e. The van der Waals surface area contributed by atoms with E-state index in [4.69, 9.17) is 0 Å². The summed E-state index contributed by atoms with van der Waals surface area (Å²) in [5.74, 6) is 0. The van der Waals surface area contributed by atoms with E-state index in [0.29, 0.717) is 0 Å².